The molecule has 1 amide bonds. The summed E-state index contributed by atoms with van der Waals surface area (Å²) in [7, 11) is 0. The molecule has 0 spiro atoms. The Hall–Kier alpha value is -1.06. The number of carboxylic acids is 1. The molecule has 108 valence electrons. The zero-order chi connectivity index (χ0) is 14.0. The van der Waals surface area contributed by atoms with Crippen molar-refractivity contribution in [3.05, 3.63) is 0 Å². The van der Waals surface area contributed by atoms with Crippen molar-refractivity contribution in [1.29, 1.82) is 0 Å². The van der Waals surface area contributed by atoms with E-state index in [0.29, 0.717) is 13.1 Å². The molecule has 2 fully saturated rings. The predicted molar refractivity (Wildman–Crippen MR) is 72.7 cm³/mol. The largest absolute Gasteiger partial charge is 0.481 e. The monoisotopic (exact) mass is 267 g/mol. The van der Waals surface area contributed by atoms with E-state index in [9.17, 15) is 14.7 Å². The Morgan fingerprint density at radius 3 is 2.79 bits per heavy atom. The number of rotatable bonds is 5. The summed E-state index contributed by atoms with van der Waals surface area (Å²) in [6, 6.07) is 0. The van der Waals surface area contributed by atoms with E-state index >= 15 is 0 Å². The van der Waals surface area contributed by atoms with Gasteiger partial charge in [-0.05, 0) is 25.2 Å². The second kappa shape index (κ2) is 5.51. The average Bonchev–Trinajstić information content (AvgIpc) is 2.92. The van der Waals surface area contributed by atoms with Gasteiger partial charge in [0.1, 0.15) is 0 Å². The first-order valence-corrected chi connectivity index (χ1v) is 7.53. The molecule has 0 aromatic carbocycles. The minimum absolute atomic E-state index is 0.0321. The fraction of sp³-hybridized carbons (Fsp3) is 0.867. The molecule has 0 aromatic heterocycles. The maximum Gasteiger partial charge on any atom is 0.311 e. The first-order valence-electron chi connectivity index (χ1n) is 7.53. The van der Waals surface area contributed by atoms with Crippen molar-refractivity contribution in [2.75, 3.05) is 13.1 Å². The molecule has 1 aliphatic heterocycles. The van der Waals surface area contributed by atoms with Crippen LogP contribution in [0.25, 0.3) is 0 Å². The van der Waals surface area contributed by atoms with Crippen LogP contribution in [0.4, 0.5) is 0 Å². The number of unbranched alkanes of at least 4 members (excludes halogenated alkanes) is 1. The Balaban J connectivity index is 2.01. The highest BCUT2D eigenvalue weighted by Crippen LogP contribution is 2.49. The van der Waals surface area contributed by atoms with Gasteiger partial charge < -0.3 is 10.0 Å². The number of nitrogens with zero attached hydrogens (tertiary/aromatic N) is 1. The predicted octanol–water partition coefficient (Wildman–Crippen LogP) is 2.53. The molecule has 4 heteroatoms. The van der Waals surface area contributed by atoms with E-state index in [1.807, 2.05) is 11.8 Å². The van der Waals surface area contributed by atoms with Crippen LogP contribution in [0, 0.1) is 17.3 Å². The van der Waals surface area contributed by atoms with E-state index in [1.54, 1.807) is 0 Å². The highest BCUT2D eigenvalue weighted by atomic mass is 16.4. The number of likely N-dealkylation sites (tertiary alicyclic amines) is 1. The molecule has 0 bridgehead atoms. The number of aliphatic carboxylic acids is 1. The number of carbonyl (C=O) groups excluding carboxylic acids is 1. The van der Waals surface area contributed by atoms with Gasteiger partial charge in [0.2, 0.25) is 5.91 Å². The van der Waals surface area contributed by atoms with E-state index in [2.05, 4.69) is 6.92 Å². The van der Waals surface area contributed by atoms with Gasteiger partial charge in [0.15, 0.2) is 0 Å². The van der Waals surface area contributed by atoms with E-state index in [-0.39, 0.29) is 17.7 Å². The average molecular weight is 267 g/mol. The summed E-state index contributed by atoms with van der Waals surface area (Å²) in [5.41, 5.74) is -0.639. The molecule has 1 aliphatic carbocycles. The number of amides is 1. The van der Waals surface area contributed by atoms with Crippen LogP contribution in [0.2, 0.25) is 0 Å². The fourth-order valence-corrected chi connectivity index (χ4v) is 3.75. The lowest BCUT2D eigenvalue weighted by Crippen LogP contribution is -2.38. The van der Waals surface area contributed by atoms with E-state index < -0.39 is 11.4 Å². The third-order valence-corrected chi connectivity index (χ3v) is 5.02. The summed E-state index contributed by atoms with van der Waals surface area (Å²) in [6.45, 7) is 5.18. The second-order valence-electron chi connectivity index (χ2n) is 6.31. The number of hydrogen-bond donors (Lipinski definition) is 1. The molecule has 4 nitrogen and oxygen atoms in total. The summed E-state index contributed by atoms with van der Waals surface area (Å²) < 4.78 is 0. The normalized spacial score (nSPS) is 31.3. The smallest absolute Gasteiger partial charge is 0.311 e. The number of carbonyl (C=O) groups is 2. The van der Waals surface area contributed by atoms with Gasteiger partial charge in [0.25, 0.3) is 0 Å². The van der Waals surface area contributed by atoms with Crippen LogP contribution in [0.15, 0.2) is 0 Å². The summed E-state index contributed by atoms with van der Waals surface area (Å²) in [4.78, 5) is 25.8. The van der Waals surface area contributed by atoms with Crippen LogP contribution in [-0.2, 0) is 9.59 Å². The fourth-order valence-electron chi connectivity index (χ4n) is 3.75. The van der Waals surface area contributed by atoms with Gasteiger partial charge in [0.05, 0.1) is 5.41 Å². The SMILES string of the molecule is CCCCC(C)C(=O)N1C[C@@H]2CCC[C@@]2(C(=O)O)C1. The minimum Gasteiger partial charge on any atom is -0.481 e. The number of fused-ring (bicyclic) bond motifs is 1. The molecule has 0 aromatic rings. The van der Waals surface area contributed by atoms with Crippen LogP contribution >= 0.6 is 0 Å². The maximum absolute atomic E-state index is 12.4. The molecule has 2 rings (SSSR count). The molecule has 0 radical (unpaired) electrons. The lowest BCUT2D eigenvalue weighted by Gasteiger charge is -2.24. The molecule has 3 atom stereocenters. The van der Waals surface area contributed by atoms with Crippen LogP contribution in [0.5, 0.6) is 0 Å². The Labute approximate surface area is 115 Å². The molecule has 2 aliphatic rings. The van der Waals surface area contributed by atoms with E-state index in [4.69, 9.17) is 0 Å². The quantitative estimate of drug-likeness (QED) is 0.832. The molecule has 19 heavy (non-hydrogen) atoms. The maximum atomic E-state index is 12.4. The summed E-state index contributed by atoms with van der Waals surface area (Å²) in [5.74, 6) is -0.341. The molecule has 1 saturated carbocycles. The zero-order valence-corrected chi connectivity index (χ0v) is 12.0. The highest BCUT2D eigenvalue weighted by Gasteiger charge is 2.55. The van der Waals surface area contributed by atoms with Crippen molar-refractivity contribution in [1.82, 2.24) is 4.90 Å². The highest BCUT2D eigenvalue weighted by molar-refractivity contribution is 5.82. The number of carboxylic acid groups (broad SMARTS) is 1. The van der Waals surface area contributed by atoms with Crippen molar-refractivity contribution in [2.45, 2.75) is 52.4 Å². The van der Waals surface area contributed by atoms with Gasteiger partial charge in [0, 0.05) is 19.0 Å². The van der Waals surface area contributed by atoms with Gasteiger partial charge in [-0.1, -0.05) is 33.1 Å². The van der Waals surface area contributed by atoms with Crippen molar-refractivity contribution in [2.24, 2.45) is 17.3 Å². The van der Waals surface area contributed by atoms with Crippen LogP contribution in [0.3, 0.4) is 0 Å². The Kier molecular flexibility index (Phi) is 4.16. The van der Waals surface area contributed by atoms with Crippen molar-refractivity contribution < 1.29 is 14.7 Å². The van der Waals surface area contributed by atoms with E-state index in [1.165, 1.54) is 0 Å². The molecule has 1 heterocycles. The van der Waals surface area contributed by atoms with Gasteiger partial charge in [-0.25, -0.2) is 0 Å². The number of hydrogen-bond acceptors (Lipinski definition) is 2. The Morgan fingerprint density at radius 2 is 2.21 bits per heavy atom. The second-order valence-corrected chi connectivity index (χ2v) is 6.31. The first kappa shape index (κ1) is 14.4. The van der Waals surface area contributed by atoms with Gasteiger partial charge >= 0.3 is 5.97 Å². The summed E-state index contributed by atoms with van der Waals surface area (Å²) >= 11 is 0. The van der Waals surface area contributed by atoms with Crippen molar-refractivity contribution in [3.8, 4) is 0 Å². The van der Waals surface area contributed by atoms with Gasteiger partial charge in [-0.3, -0.25) is 9.59 Å². The lowest BCUT2D eigenvalue weighted by molar-refractivity contribution is -0.149. The molecular formula is C15H25NO3. The third kappa shape index (κ3) is 2.49. The van der Waals surface area contributed by atoms with Gasteiger partial charge in [-0.15, -0.1) is 0 Å². The third-order valence-electron chi connectivity index (χ3n) is 5.02. The lowest BCUT2D eigenvalue weighted by atomic mass is 9.81. The summed E-state index contributed by atoms with van der Waals surface area (Å²) in [5, 5.41) is 9.52. The first-order chi connectivity index (χ1) is 9.01. The molecule has 1 unspecified atom stereocenters. The van der Waals surface area contributed by atoms with Crippen molar-refractivity contribution in [3.63, 3.8) is 0 Å². The minimum atomic E-state index is -0.702. The molecule has 1 N–H and O–H groups in total. The van der Waals surface area contributed by atoms with Crippen molar-refractivity contribution >= 4 is 11.9 Å². The summed E-state index contributed by atoms with van der Waals surface area (Å²) in [6.07, 6.45) is 5.76. The van der Waals surface area contributed by atoms with Crippen LogP contribution < -0.4 is 0 Å². The Morgan fingerprint density at radius 1 is 1.47 bits per heavy atom. The molecule has 1 saturated heterocycles. The topological polar surface area (TPSA) is 57.6 Å². The van der Waals surface area contributed by atoms with E-state index in [0.717, 1.165) is 38.5 Å². The standard InChI is InChI=1S/C15H25NO3/c1-3-4-6-11(2)13(17)16-9-12-7-5-8-15(12,10-16)14(18)19/h11-12H,3-10H2,1-2H3,(H,18,19)/t11?,12-,15+/m0/s1. The molecular weight excluding hydrogens is 242 g/mol. The van der Waals surface area contributed by atoms with Crippen LogP contribution in [0.1, 0.15) is 52.4 Å². The Bertz CT molecular complexity index is 368. The van der Waals surface area contributed by atoms with Crippen LogP contribution in [-0.4, -0.2) is 35.0 Å². The zero-order valence-electron chi connectivity index (χ0n) is 12.0. The van der Waals surface area contributed by atoms with Gasteiger partial charge in [-0.2, -0.15) is 0 Å².